The quantitative estimate of drug-likeness (QED) is 0.0114. The second-order valence-corrected chi connectivity index (χ2v) is 16.8. The number of hydrogen-bond donors (Lipinski definition) is 7. The summed E-state index contributed by atoms with van der Waals surface area (Å²) in [7, 11) is -5.13. The SMILES string of the molecule is CC/C=C/C/C=C/C=C/C(O)CCCCCCCC(=O)OC[C@H](COP(=O)(O)OC1[C@H](O)[C@H](O)C(O)[C@H](O)[C@H]1O)OC(=O)CCCCCCCCCCCCCCC. The number of esters is 2. The lowest BCUT2D eigenvalue weighted by molar-refractivity contribution is -0.220. The van der Waals surface area contributed by atoms with E-state index in [1.54, 1.807) is 6.08 Å². The van der Waals surface area contributed by atoms with Gasteiger partial charge in [-0.25, -0.2) is 4.57 Å². The number of ether oxygens (including phenoxy) is 2. The standard InChI is InChI=1S/C43H77O14P/c1-3-5-7-9-11-12-13-14-15-16-18-22-27-31-37(46)56-35(33-55-58(52,53)57-43-41(50)39(48)38(47)40(49)42(43)51)32-54-36(45)30-26-23-19-21-25-29-34(44)28-24-20-17-10-8-6-4-2/h6,8,17,20,24,28,34-35,38-44,47-51H,3-5,7,9-16,18-19,21-23,25-27,29-33H2,1-2H3,(H,52,53)/b8-6+,20-17+,28-24+/t34?,35-,38?,39-,40+,41-,42-,43?/m1/s1. The minimum atomic E-state index is -5.13. The molecule has 0 heterocycles. The number of hydrogen-bond acceptors (Lipinski definition) is 13. The van der Waals surface area contributed by atoms with Crippen LogP contribution in [0.2, 0.25) is 0 Å². The average molecular weight is 849 g/mol. The topological polar surface area (TPSA) is 230 Å². The van der Waals surface area contributed by atoms with E-state index in [4.69, 9.17) is 18.5 Å². The van der Waals surface area contributed by atoms with Crippen LogP contribution in [0.3, 0.4) is 0 Å². The lowest BCUT2D eigenvalue weighted by atomic mass is 9.85. The van der Waals surface area contributed by atoms with E-state index in [-0.39, 0.29) is 12.8 Å². The molecule has 0 aromatic heterocycles. The molecular formula is C43H77O14P. The van der Waals surface area contributed by atoms with E-state index in [0.29, 0.717) is 19.3 Å². The van der Waals surface area contributed by atoms with Crippen LogP contribution in [0.15, 0.2) is 36.5 Å². The monoisotopic (exact) mass is 849 g/mol. The molecule has 0 aromatic rings. The van der Waals surface area contributed by atoms with Crippen molar-refractivity contribution < 1.29 is 68.2 Å². The van der Waals surface area contributed by atoms with Gasteiger partial charge in [-0.2, -0.15) is 0 Å². The molecule has 0 radical (unpaired) electrons. The number of rotatable bonds is 35. The fourth-order valence-corrected chi connectivity index (χ4v) is 7.50. The maximum atomic E-state index is 12.8. The zero-order chi connectivity index (χ0) is 43.0. The maximum absolute atomic E-state index is 12.8. The van der Waals surface area contributed by atoms with Crippen LogP contribution < -0.4 is 0 Å². The highest BCUT2D eigenvalue weighted by Crippen LogP contribution is 2.47. The van der Waals surface area contributed by atoms with E-state index >= 15 is 0 Å². The Labute approximate surface area is 347 Å². The summed E-state index contributed by atoms with van der Waals surface area (Å²) in [4.78, 5) is 35.6. The molecule has 1 aliphatic carbocycles. The Morgan fingerprint density at radius 1 is 0.621 bits per heavy atom. The largest absolute Gasteiger partial charge is 0.472 e. The highest BCUT2D eigenvalue weighted by molar-refractivity contribution is 7.47. The van der Waals surface area contributed by atoms with Gasteiger partial charge in [-0.1, -0.05) is 153 Å². The van der Waals surface area contributed by atoms with Crippen molar-refractivity contribution in [2.75, 3.05) is 13.2 Å². The first-order chi connectivity index (χ1) is 27.8. The van der Waals surface area contributed by atoms with Crippen molar-refractivity contribution in [1.29, 1.82) is 0 Å². The van der Waals surface area contributed by atoms with Crippen LogP contribution in [0.4, 0.5) is 0 Å². The Balaban J connectivity index is 2.52. The van der Waals surface area contributed by atoms with E-state index in [0.717, 1.165) is 64.2 Å². The summed E-state index contributed by atoms with van der Waals surface area (Å²) in [5.74, 6) is -1.17. The molecule has 0 aliphatic heterocycles. The van der Waals surface area contributed by atoms with Crippen LogP contribution in [-0.2, 0) is 32.7 Å². The van der Waals surface area contributed by atoms with Crippen LogP contribution >= 0.6 is 7.82 Å². The fourth-order valence-electron chi connectivity index (χ4n) is 6.53. The second-order valence-electron chi connectivity index (χ2n) is 15.4. The lowest BCUT2D eigenvalue weighted by Crippen LogP contribution is -2.64. The summed E-state index contributed by atoms with van der Waals surface area (Å²) < 4.78 is 33.4. The normalized spacial score (nSPS) is 23.4. The van der Waals surface area contributed by atoms with E-state index in [2.05, 4.69) is 26.0 Å². The molecule has 0 amide bonds. The Morgan fingerprint density at radius 3 is 1.67 bits per heavy atom. The van der Waals surface area contributed by atoms with Gasteiger partial charge in [-0.05, 0) is 32.1 Å². The van der Waals surface area contributed by atoms with Crippen LogP contribution in [-0.4, -0.2) is 110 Å². The van der Waals surface area contributed by atoms with E-state index < -0.39 is 81.8 Å². The van der Waals surface area contributed by atoms with Gasteiger partial charge in [-0.3, -0.25) is 18.6 Å². The third kappa shape index (κ3) is 26.3. The van der Waals surface area contributed by atoms with Gasteiger partial charge in [0.2, 0.25) is 0 Å². The smallest absolute Gasteiger partial charge is 0.462 e. The van der Waals surface area contributed by atoms with E-state index in [9.17, 15) is 49.7 Å². The van der Waals surface area contributed by atoms with E-state index in [1.165, 1.54) is 51.4 Å². The molecule has 7 N–H and O–H groups in total. The minimum Gasteiger partial charge on any atom is -0.462 e. The molecule has 15 heteroatoms. The Kier molecular flexibility index (Phi) is 31.4. The number of aliphatic hydroxyl groups is 6. The van der Waals surface area contributed by atoms with Gasteiger partial charge in [0.15, 0.2) is 6.10 Å². The lowest BCUT2D eigenvalue weighted by Gasteiger charge is -2.41. The molecule has 9 atom stereocenters. The van der Waals surface area contributed by atoms with Gasteiger partial charge >= 0.3 is 19.8 Å². The summed E-state index contributed by atoms with van der Waals surface area (Å²) in [5.41, 5.74) is 0. The first-order valence-electron chi connectivity index (χ1n) is 21.9. The zero-order valence-corrected chi connectivity index (χ0v) is 36.1. The van der Waals surface area contributed by atoms with Gasteiger partial charge < -0.3 is 45.0 Å². The summed E-state index contributed by atoms with van der Waals surface area (Å²) in [6.45, 7) is 3.07. The molecule has 0 saturated heterocycles. The number of phosphoric acid groups is 1. The van der Waals surface area contributed by atoms with Crippen molar-refractivity contribution >= 4 is 19.8 Å². The number of carbonyl (C=O) groups is 2. The van der Waals surface area contributed by atoms with Crippen LogP contribution in [0, 0.1) is 0 Å². The van der Waals surface area contributed by atoms with Crippen LogP contribution in [0.25, 0.3) is 0 Å². The molecule has 58 heavy (non-hydrogen) atoms. The maximum Gasteiger partial charge on any atom is 0.472 e. The first kappa shape index (κ1) is 54.0. The number of aliphatic hydroxyl groups excluding tert-OH is 6. The summed E-state index contributed by atoms with van der Waals surface area (Å²) in [6.07, 6.45) is 19.3. The average Bonchev–Trinajstić information content (AvgIpc) is 3.20. The Hall–Kier alpha value is -1.97. The summed E-state index contributed by atoms with van der Waals surface area (Å²) in [5, 5.41) is 60.2. The highest BCUT2D eigenvalue weighted by atomic mass is 31.2. The van der Waals surface area contributed by atoms with Crippen molar-refractivity contribution in [3.05, 3.63) is 36.5 Å². The summed E-state index contributed by atoms with van der Waals surface area (Å²) in [6, 6.07) is 0. The van der Waals surface area contributed by atoms with Crippen molar-refractivity contribution in [2.45, 2.75) is 210 Å². The third-order valence-electron chi connectivity index (χ3n) is 10.1. The van der Waals surface area contributed by atoms with Gasteiger partial charge in [-0.15, -0.1) is 0 Å². The second kappa shape index (κ2) is 33.7. The minimum absolute atomic E-state index is 0.0787. The van der Waals surface area contributed by atoms with E-state index in [1.807, 2.05) is 18.2 Å². The number of allylic oxidation sites excluding steroid dienone is 5. The van der Waals surface area contributed by atoms with Crippen molar-refractivity contribution in [3.63, 3.8) is 0 Å². The highest BCUT2D eigenvalue weighted by Gasteiger charge is 2.51. The predicted octanol–water partition coefficient (Wildman–Crippen LogP) is 6.80. The zero-order valence-electron chi connectivity index (χ0n) is 35.2. The Morgan fingerprint density at radius 2 is 1.12 bits per heavy atom. The van der Waals surface area contributed by atoms with Crippen LogP contribution in [0.1, 0.15) is 162 Å². The molecule has 338 valence electrons. The molecule has 1 fully saturated rings. The van der Waals surface area contributed by atoms with Crippen molar-refractivity contribution in [1.82, 2.24) is 0 Å². The third-order valence-corrected chi connectivity index (χ3v) is 11.1. The predicted molar refractivity (Wildman–Crippen MR) is 222 cm³/mol. The molecule has 0 aromatic carbocycles. The molecule has 1 rings (SSSR count). The van der Waals surface area contributed by atoms with Gasteiger partial charge in [0.25, 0.3) is 0 Å². The van der Waals surface area contributed by atoms with Crippen LogP contribution in [0.5, 0.6) is 0 Å². The molecule has 1 saturated carbocycles. The molecule has 14 nitrogen and oxygen atoms in total. The number of phosphoric ester groups is 1. The first-order valence-corrected chi connectivity index (χ1v) is 23.4. The molecule has 1 aliphatic rings. The van der Waals surface area contributed by atoms with Crippen molar-refractivity contribution in [3.8, 4) is 0 Å². The number of unbranched alkanes of at least 4 members (excludes halogenated alkanes) is 16. The Bertz CT molecular complexity index is 1180. The fraction of sp³-hybridized carbons (Fsp3) is 0.814. The molecule has 0 bridgehead atoms. The van der Waals surface area contributed by atoms with Gasteiger partial charge in [0.05, 0.1) is 12.7 Å². The van der Waals surface area contributed by atoms with Crippen molar-refractivity contribution in [2.24, 2.45) is 0 Å². The van der Waals surface area contributed by atoms with Gasteiger partial charge in [0, 0.05) is 12.8 Å². The summed E-state index contributed by atoms with van der Waals surface area (Å²) >= 11 is 0. The molecule has 4 unspecified atom stereocenters. The molecular weight excluding hydrogens is 771 g/mol. The number of carbonyl (C=O) groups excluding carboxylic acids is 2. The van der Waals surface area contributed by atoms with Gasteiger partial charge in [0.1, 0.15) is 43.2 Å². The molecule has 0 spiro atoms.